The molecule has 144 valence electrons. The van der Waals surface area contributed by atoms with Crippen LogP contribution in [0.4, 0.5) is 10.5 Å². The Balaban J connectivity index is 2.60. The summed E-state index contributed by atoms with van der Waals surface area (Å²) in [5.41, 5.74) is 1.17. The van der Waals surface area contributed by atoms with Gasteiger partial charge in [-0.3, -0.25) is 4.90 Å². The van der Waals surface area contributed by atoms with Crippen molar-refractivity contribution in [2.75, 3.05) is 31.7 Å². The highest BCUT2D eigenvalue weighted by Crippen LogP contribution is 2.17. The van der Waals surface area contributed by atoms with Crippen LogP contribution in [0.1, 0.15) is 13.3 Å². The molecule has 0 radical (unpaired) electrons. The van der Waals surface area contributed by atoms with Crippen LogP contribution in [0.5, 0.6) is 0 Å². The standard InChI is InChI=1S/C19H30N2O4Si/c1-16(2)18(22)25-14-12-20-19(23)21(17-10-7-6-8-11-17)13-9-15-26(4,5)24-3/h6-8,10-11H,1,9,12-15H2,2-5H3,(H,20,23). The maximum atomic E-state index is 12.6. The van der Waals surface area contributed by atoms with Crippen LogP contribution < -0.4 is 10.2 Å². The van der Waals surface area contributed by atoms with Gasteiger partial charge in [0.25, 0.3) is 0 Å². The number of para-hydroxylation sites is 1. The van der Waals surface area contributed by atoms with Crippen molar-refractivity contribution in [2.24, 2.45) is 0 Å². The molecule has 0 bridgehead atoms. The zero-order valence-electron chi connectivity index (χ0n) is 16.2. The van der Waals surface area contributed by atoms with Gasteiger partial charge in [-0.25, -0.2) is 9.59 Å². The van der Waals surface area contributed by atoms with Gasteiger partial charge in [0, 0.05) is 24.9 Å². The predicted molar refractivity (Wildman–Crippen MR) is 107 cm³/mol. The minimum absolute atomic E-state index is 0.115. The lowest BCUT2D eigenvalue weighted by Crippen LogP contribution is -2.42. The lowest BCUT2D eigenvalue weighted by Gasteiger charge is -2.25. The van der Waals surface area contributed by atoms with Crippen LogP contribution in [0.3, 0.4) is 0 Å². The summed E-state index contributed by atoms with van der Waals surface area (Å²) >= 11 is 0. The van der Waals surface area contributed by atoms with E-state index in [1.54, 1.807) is 18.9 Å². The second-order valence-electron chi connectivity index (χ2n) is 6.70. The summed E-state index contributed by atoms with van der Waals surface area (Å²) in [6, 6.07) is 10.3. The van der Waals surface area contributed by atoms with Crippen LogP contribution in [0.25, 0.3) is 0 Å². The first-order chi connectivity index (χ1) is 12.3. The Bertz CT molecular complexity index is 605. The Morgan fingerprint density at radius 3 is 2.46 bits per heavy atom. The SMILES string of the molecule is C=C(C)C(=O)OCCNC(=O)N(CCC[Si](C)(C)OC)c1ccccc1. The third kappa shape index (κ3) is 7.84. The van der Waals surface area contributed by atoms with E-state index in [0.717, 1.165) is 18.2 Å². The molecule has 0 aromatic heterocycles. The number of amides is 2. The monoisotopic (exact) mass is 378 g/mol. The van der Waals surface area contributed by atoms with Crippen LogP contribution in [-0.2, 0) is 14.0 Å². The lowest BCUT2D eigenvalue weighted by atomic mass is 10.3. The molecule has 0 fully saturated rings. The number of nitrogens with zero attached hydrogens (tertiary/aromatic N) is 1. The number of urea groups is 1. The topological polar surface area (TPSA) is 67.9 Å². The molecule has 7 heteroatoms. The molecule has 0 saturated carbocycles. The molecule has 6 nitrogen and oxygen atoms in total. The molecule has 0 aliphatic heterocycles. The van der Waals surface area contributed by atoms with Gasteiger partial charge >= 0.3 is 12.0 Å². The molecule has 0 saturated heterocycles. The minimum Gasteiger partial charge on any atom is -0.460 e. The van der Waals surface area contributed by atoms with E-state index in [1.807, 2.05) is 30.3 Å². The summed E-state index contributed by atoms with van der Waals surface area (Å²) in [6.07, 6.45) is 0.861. The second kappa shape index (κ2) is 10.8. The molecule has 0 aliphatic carbocycles. The van der Waals surface area contributed by atoms with Crippen molar-refractivity contribution in [2.45, 2.75) is 32.5 Å². The highest BCUT2D eigenvalue weighted by Gasteiger charge is 2.22. The molecule has 1 aromatic carbocycles. The fraction of sp³-hybridized carbons (Fsp3) is 0.474. The van der Waals surface area contributed by atoms with Crippen molar-refractivity contribution in [3.05, 3.63) is 42.5 Å². The number of carbonyl (C=O) groups is 2. The molecule has 0 aliphatic rings. The maximum Gasteiger partial charge on any atom is 0.333 e. The number of carbonyl (C=O) groups excluding carboxylic acids is 2. The van der Waals surface area contributed by atoms with Crippen molar-refractivity contribution >= 4 is 26.0 Å². The number of hydrogen-bond acceptors (Lipinski definition) is 4. The van der Waals surface area contributed by atoms with Gasteiger partial charge in [0.15, 0.2) is 8.32 Å². The first-order valence-electron chi connectivity index (χ1n) is 8.75. The highest BCUT2D eigenvalue weighted by molar-refractivity contribution is 6.71. The second-order valence-corrected chi connectivity index (χ2v) is 11.1. The molecular formula is C19H30N2O4Si. The Hall–Kier alpha value is -2.12. The Kier molecular flexibility index (Phi) is 9.08. The molecule has 1 N–H and O–H groups in total. The number of ether oxygens (including phenoxy) is 1. The number of benzene rings is 1. The van der Waals surface area contributed by atoms with Crippen LogP contribution >= 0.6 is 0 Å². The summed E-state index contributed by atoms with van der Waals surface area (Å²) in [4.78, 5) is 25.6. The third-order valence-electron chi connectivity index (χ3n) is 3.99. The largest absolute Gasteiger partial charge is 0.460 e. The van der Waals surface area contributed by atoms with Gasteiger partial charge in [-0.2, -0.15) is 0 Å². The Labute approximate surface area is 157 Å². The van der Waals surface area contributed by atoms with E-state index in [4.69, 9.17) is 9.16 Å². The number of rotatable bonds is 10. The molecular weight excluding hydrogens is 348 g/mol. The predicted octanol–water partition coefficient (Wildman–Crippen LogP) is 3.56. The van der Waals surface area contributed by atoms with Gasteiger partial charge < -0.3 is 14.5 Å². The van der Waals surface area contributed by atoms with Crippen molar-refractivity contribution in [1.82, 2.24) is 5.32 Å². The lowest BCUT2D eigenvalue weighted by molar-refractivity contribution is -0.138. The molecule has 2 amide bonds. The van der Waals surface area contributed by atoms with Gasteiger partial charge in [0.2, 0.25) is 0 Å². The van der Waals surface area contributed by atoms with Gasteiger partial charge in [-0.05, 0) is 44.6 Å². The minimum atomic E-state index is -1.66. The fourth-order valence-electron chi connectivity index (χ4n) is 2.24. The van der Waals surface area contributed by atoms with Crippen molar-refractivity contribution in [3.63, 3.8) is 0 Å². The summed E-state index contributed by atoms with van der Waals surface area (Å²) in [5.74, 6) is -0.453. The third-order valence-corrected chi connectivity index (χ3v) is 6.65. The van der Waals surface area contributed by atoms with E-state index in [-0.39, 0.29) is 19.2 Å². The van der Waals surface area contributed by atoms with E-state index in [1.165, 1.54) is 0 Å². The zero-order valence-corrected chi connectivity index (χ0v) is 17.2. The van der Waals surface area contributed by atoms with E-state index in [9.17, 15) is 9.59 Å². The van der Waals surface area contributed by atoms with E-state index in [2.05, 4.69) is 25.0 Å². The average Bonchev–Trinajstić information content (AvgIpc) is 2.62. The number of anilines is 1. The number of esters is 1. The summed E-state index contributed by atoms with van der Waals surface area (Å²) in [5, 5.41) is 2.80. The molecule has 0 atom stereocenters. The summed E-state index contributed by atoms with van der Waals surface area (Å²) in [6.45, 7) is 10.4. The van der Waals surface area contributed by atoms with E-state index in [0.29, 0.717) is 12.1 Å². The number of hydrogen-bond donors (Lipinski definition) is 1. The first kappa shape index (κ1) is 21.9. The zero-order chi connectivity index (χ0) is 19.6. The molecule has 1 rings (SSSR count). The molecule has 1 aromatic rings. The fourth-order valence-corrected chi connectivity index (χ4v) is 3.45. The van der Waals surface area contributed by atoms with Crippen molar-refractivity contribution < 1.29 is 18.8 Å². The normalized spacial score (nSPS) is 10.9. The highest BCUT2D eigenvalue weighted by atomic mass is 28.4. The molecule has 0 unspecified atom stereocenters. The number of nitrogens with one attached hydrogen (secondary N) is 1. The van der Waals surface area contributed by atoms with Crippen LogP contribution in [0.15, 0.2) is 42.5 Å². The molecule has 0 heterocycles. The Morgan fingerprint density at radius 1 is 1.23 bits per heavy atom. The van der Waals surface area contributed by atoms with Gasteiger partial charge in [-0.15, -0.1) is 0 Å². The van der Waals surface area contributed by atoms with E-state index < -0.39 is 14.3 Å². The summed E-state index contributed by atoms with van der Waals surface area (Å²) < 4.78 is 10.6. The van der Waals surface area contributed by atoms with Crippen LogP contribution in [-0.4, -0.2) is 47.1 Å². The van der Waals surface area contributed by atoms with Gasteiger partial charge in [0.05, 0.1) is 6.54 Å². The van der Waals surface area contributed by atoms with Gasteiger partial charge in [0.1, 0.15) is 6.61 Å². The first-order valence-corrected chi connectivity index (χ1v) is 11.9. The van der Waals surface area contributed by atoms with Crippen molar-refractivity contribution in [3.8, 4) is 0 Å². The molecule has 26 heavy (non-hydrogen) atoms. The maximum absolute atomic E-state index is 12.6. The Morgan fingerprint density at radius 2 is 1.88 bits per heavy atom. The molecule has 0 spiro atoms. The smallest absolute Gasteiger partial charge is 0.333 e. The van der Waals surface area contributed by atoms with Crippen LogP contribution in [0, 0.1) is 0 Å². The van der Waals surface area contributed by atoms with Crippen LogP contribution in [0.2, 0.25) is 19.1 Å². The quantitative estimate of drug-likeness (QED) is 0.292. The van der Waals surface area contributed by atoms with Crippen molar-refractivity contribution in [1.29, 1.82) is 0 Å². The summed E-state index contributed by atoms with van der Waals surface area (Å²) in [7, 11) is 0.0916. The van der Waals surface area contributed by atoms with Gasteiger partial charge in [-0.1, -0.05) is 24.8 Å². The van der Waals surface area contributed by atoms with E-state index >= 15 is 0 Å². The average molecular weight is 379 g/mol.